The Bertz CT molecular complexity index is 657. The molecule has 0 aliphatic carbocycles. The Morgan fingerprint density at radius 2 is 2.00 bits per heavy atom. The summed E-state index contributed by atoms with van der Waals surface area (Å²) in [5, 5.41) is 15.2. The number of carbonyl (C=O) groups is 1. The second-order valence-electron chi connectivity index (χ2n) is 5.70. The smallest absolute Gasteiger partial charge is 0.230 e. The second-order valence-corrected chi connectivity index (χ2v) is 7.90. The van der Waals surface area contributed by atoms with Gasteiger partial charge >= 0.3 is 0 Å². The Hall–Kier alpha value is -1.60. The van der Waals surface area contributed by atoms with Crippen LogP contribution in [-0.2, 0) is 4.79 Å². The third-order valence-electron chi connectivity index (χ3n) is 3.51. The molecule has 1 aromatic heterocycles. The number of para-hydroxylation sites is 1. The van der Waals surface area contributed by atoms with Crippen LogP contribution < -0.4 is 10.6 Å². The largest absolute Gasteiger partial charge is 0.353 e. The topological polar surface area (TPSA) is 66.9 Å². The Morgan fingerprint density at radius 1 is 1.26 bits per heavy atom. The highest BCUT2D eigenvalue weighted by molar-refractivity contribution is 8.01. The van der Waals surface area contributed by atoms with Crippen LogP contribution in [0.1, 0.15) is 26.3 Å². The minimum absolute atomic E-state index is 0.0276. The van der Waals surface area contributed by atoms with Crippen molar-refractivity contribution in [2.24, 2.45) is 5.92 Å². The van der Waals surface area contributed by atoms with Crippen molar-refractivity contribution >= 4 is 39.8 Å². The van der Waals surface area contributed by atoms with Crippen LogP contribution in [0.5, 0.6) is 0 Å². The van der Waals surface area contributed by atoms with Crippen LogP contribution in [0.2, 0.25) is 0 Å². The third kappa shape index (κ3) is 5.51. The van der Waals surface area contributed by atoms with Crippen molar-refractivity contribution in [1.82, 2.24) is 15.5 Å². The molecule has 2 aromatic rings. The number of thioether (sulfide) groups is 1. The van der Waals surface area contributed by atoms with Crippen molar-refractivity contribution in [1.29, 1.82) is 0 Å². The molecule has 0 saturated carbocycles. The predicted octanol–water partition coefficient (Wildman–Crippen LogP) is 3.84. The molecular weight excluding hydrogens is 328 g/mol. The van der Waals surface area contributed by atoms with E-state index in [0.717, 1.165) is 20.7 Å². The maximum Gasteiger partial charge on any atom is 0.230 e. The fourth-order valence-electron chi connectivity index (χ4n) is 1.74. The SMILES string of the molecule is Cc1ccccc1Nc1nnc(SCC(=O)N[C@H](C)C(C)C)s1. The number of carbonyl (C=O) groups excluding carboxylic acids is 1. The van der Waals surface area contributed by atoms with Gasteiger partial charge in [-0.15, -0.1) is 10.2 Å². The van der Waals surface area contributed by atoms with E-state index >= 15 is 0 Å². The molecule has 124 valence electrons. The summed E-state index contributed by atoms with van der Waals surface area (Å²) >= 11 is 2.86. The summed E-state index contributed by atoms with van der Waals surface area (Å²) in [6, 6.07) is 8.20. The van der Waals surface area contributed by atoms with Crippen LogP contribution in [0.25, 0.3) is 0 Å². The molecule has 0 spiro atoms. The number of rotatable bonds is 7. The van der Waals surface area contributed by atoms with Gasteiger partial charge in [-0.05, 0) is 31.4 Å². The number of nitrogens with one attached hydrogen (secondary N) is 2. The molecule has 23 heavy (non-hydrogen) atoms. The molecule has 0 radical (unpaired) electrons. The Labute approximate surface area is 145 Å². The average molecular weight is 351 g/mol. The summed E-state index contributed by atoms with van der Waals surface area (Å²) < 4.78 is 0.786. The molecule has 0 fully saturated rings. The van der Waals surface area contributed by atoms with Crippen LogP contribution in [0.3, 0.4) is 0 Å². The fraction of sp³-hybridized carbons (Fsp3) is 0.438. The minimum Gasteiger partial charge on any atom is -0.353 e. The first-order valence-corrected chi connectivity index (χ1v) is 9.34. The number of benzene rings is 1. The first kappa shape index (κ1) is 17.7. The van der Waals surface area contributed by atoms with Gasteiger partial charge < -0.3 is 10.6 Å². The normalized spacial score (nSPS) is 12.2. The maximum atomic E-state index is 11.9. The van der Waals surface area contributed by atoms with Crippen LogP contribution in [-0.4, -0.2) is 27.9 Å². The zero-order valence-electron chi connectivity index (χ0n) is 13.8. The predicted molar refractivity (Wildman–Crippen MR) is 97.5 cm³/mol. The number of amides is 1. The van der Waals surface area contributed by atoms with Crippen molar-refractivity contribution in [2.45, 2.75) is 38.1 Å². The summed E-state index contributed by atoms with van der Waals surface area (Å²) in [4.78, 5) is 11.9. The van der Waals surface area contributed by atoms with E-state index in [0.29, 0.717) is 11.7 Å². The lowest BCUT2D eigenvalue weighted by molar-refractivity contribution is -0.119. The Balaban J connectivity index is 1.85. The lowest BCUT2D eigenvalue weighted by Gasteiger charge is -2.16. The summed E-state index contributed by atoms with van der Waals surface area (Å²) in [7, 11) is 0. The number of hydrogen-bond acceptors (Lipinski definition) is 6. The molecule has 7 heteroatoms. The first-order chi connectivity index (χ1) is 11.0. The zero-order chi connectivity index (χ0) is 16.8. The van der Waals surface area contributed by atoms with Crippen molar-refractivity contribution in [2.75, 3.05) is 11.1 Å². The van der Waals surface area contributed by atoms with Gasteiger partial charge in [0.25, 0.3) is 0 Å². The molecule has 1 amide bonds. The van der Waals surface area contributed by atoms with E-state index in [1.807, 2.05) is 38.1 Å². The molecule has 0 aliphatic heterocycles. The minimum atomic E-state index is 0.0276. The van der Waals surface area contributed by atoms with E-state index in [9.17, 15) is 4.79 Å². The van der Waals surface area contributed by atoms with Gasteiger partial charge in [-0.3, -0.25) is 4.79 Å². The summed E-state index contributed by atoms with van der Waals surface area (Å²) in [5.74, 6) is 0.811. The summed E-state index contributed by atoms with van der Waals surface area (Å²) in [6.07, 6.45) is 0. The van der Waals surface area contributed by atoms with E-state index < -0.39 is 0 Å². The van der Waals surface area contributed by atoms with E-state index in [1.165, 1.54) is 23.1 Å². The van der Waals surface area contributed by atoms with E-state index in [-0.39, 0.29) is 11.9 Å². The van der Waals surface area contributed by atoms with E-state index in [4.69, 9.17) is 0 Å². The van der Waals surface area contributed by atoms with Gasteiger partial charge in [-0.1, -0.05) is 55.1 Å². The molecule has 1 aromatic carbocycles. The highest BCUT2D eigenvalue weighted by Gasteiger charge is 2.12. The van der Waals surface area contributed by atoms with Gasteiger partial charge in [0.2, 0.25) is 11.0 Å². The Morgan fingerprint density at radius 3 is 2.70 bits per heavy atom. The molecule has 5 nitrogen and oxygen atoms in total. The van der Waals surface area contributed by atoms with Crippen LogP contribution in [0, 0.1) is 12.8 Å². The highest BCUT2D eigenvalue weighted by Crippen LogP contribution is 2.28. The molecular formula is C16H22N4OS2. The monoisotopic (exact) mass is 350 g/mol. The maximum absolute atomic E-state index is 11.9. The van der Waals surface area contributed by atoms with Crippen LogP contribution in [0.15, 0.2) is 28.6 Å². The van der Waals surface area contributed by atoms with Gasteiger partial charge in [0.1, 0.15) is 0 Å². The number of aryl methyl sites for hydroxylation is 1. The molecule has 0 aliphatic rings. The number of anilines is 2. The quantitative estimate of drug-likeness (QED) is 0.743. The van der Waals surface area contributed by atoms with Gasteiger partial charge in [-0.2, -0.15) is 0 Å². The van der Waals surface area contributed by atoms with E-state index in [2.05, 4.69) is 34.7 Å². The van der Waals surface area contributed by atoms with Gasteiger partial charge in [0.15, 0.2) is 4.34 Å². The fourth-order valence-corrected chi connectivity index (χ4v) is 3.31. The van der Waals surface area contributed by atoms with Crippen LogP contribution >= 0.6 is 23.1 Å². The lowest BCUT2D eigenvalue weighted by Crippen LogP contribution is -2.37. The second kappa shape index (κ2) is 8.31. The van der Waals surface area contributed by atoms with Gasteiger partial charge in [0, 0.05) is 11.7 Å². The Kier molecular flexibility index (Phi) is 6.41. The molecule has 2 N–H and O–H groups in total. The molecule has 0 saturated heterocycles. The van der Waals surface area contributed by atoms with Crippen molar-refractivity contribution in [3.8, 4) is 0 Å². The van der Waals surface area contributed by atoms with Crippen molar-refractivity contribution < 1.29 is 4.79 Å². The van der Waals surface area contributed by atoms with Gasteiger partial charge in [-0.25, -0.2) is 0 Å². The molecule has 1 heterocycles. The zero-order valence-corrected chi connectivity index (χ0v) is 15.4. The molecule has 0 bridgehead atoms. The molecule has 1 atom stereocenters. The standard InChI is InChI=1S/C16H22N4OS2/c1-10(2)12(4)17-14(21)9-22-16-20-19-15(23-16)18-13-8-6-5-7-11(13)3/h5-8,10,12H,9H2,1-4H3,(H,17,21)(H,18,19)/t12-/m1/s1. The molecule has 0 unspecified atom stereocenters. The van der Waals surface area contributed by atoms with Crippen LogP contribution in [0.4, 0.5) is 10.8 Å². The third-order valence-corrected chi connectivity index (χ3v) is 5.48. The number of nitrogens with zero attached hydrogens (tertiary/aromatic N) is 2. The van der Waals surface area contributed by atoms with Crippen molar-refractivity contribution in [3.05, 3.63) is 29.8 Å². The summed E-state index contributed by atoms with van der Waals surface area (Å²) in [5.41, 5.74) is 2.17. The average Bonchev–Trinajstić information content (AvgIpc) is 2.95. The molecule has 2 rings (SSSR count). The van der Waals surface area contributed by atoms with Gasteiger partial charge in [0.05, 0.1) is 5.75 Å². The number of hydrogen-bond donors (Lipinski definition) is 2. The van der Waals surface area contributed by atoms with Crippen molar-refractivity contribution in [3.63, 3.8) is 0 Å². The lowest BCUT2D eigenvalue weighted by atomic mass is 10.1. The van der Waals surface area contributed by atoms with E-state index in [1.54, 1.807) is 0 Å². The first-order valence-electron chi connectivity index (χ1n) is 7.54. The summed E-state index contributed by atoms with van der Waals surface area (Å²) in [6.45, 7) is 8.24. The highest BCUT2D eigenvalue weighted by atomic mass is 32.2. The number of aromatic nitrogens is 2.